The summed E-state index contributed by atoms with van der Waals surface area (Å²) >= 11 is 1.51. The number of carbonyl (C=O) groups is 1. The van der Waals surface area contributed by atoms with Crippen molar-refractivity contribution in [2.75, 3.05) is 7.11 Å². The predicted octanol–water partition coefficient (Wildman–Crippen LogP) is 2.13. The summed E-state index contributed by atoms with van der Waals surface area (Å²) in [4.78, 5) is 16.2. The van der Waals surface area contributed by atoms with Gasteiger partial charge in [0.05, 0.1) is 12.6 Å². The number of aromatic nitrogens is 1. The Kier molecular flexibility index (Phi) is 3.42. The molecule has 13 heavy (non-hydrogen) atoms. The van der Waals surface area contributed by atoms with Crippen LogP contribution >= 0.6 is 11.3 Å². The fourth-order valence-corrected chi connectivity index (χ4v) is 2.01. The molecule has 0 bridgehead atoms. The van der Waals surface area contributed by atoms with Crippen LogP contribution in [0.1, 0.15) is 29.2 Å². The largest absolute Gasteiger partial charge is 0.464 e. The predicted molar refractivity (Wildman–Crippen MR) is 52.0 cm³/mol. The Balaban J connectivity index is 2.83. The van der Waals surface area contributed by atoms with E-state index in [2.05, 4.69) is 23.6 Å². The first-order chi connectivity index (χ1) is 6.15. The highest BCUT2D eigenvalue weighted by Gasteiger charge is 2.15. The first kappa shape index (κ1) is 10.2. The molecule has 0 unspecified atom stereocenters. The van der Waals surface area contributed by atoms with Gasteiger partial charge in [0.2, 0.25) is 0 Å². The van der Waals surface area contributed by atoms with Crippen LogP contribution in [0.15, 0.2) is 5.51 Å². The average molecular weight is 199 g/mol. The molecule has 3 nitrogen and oxygen atoms in total. The lowest BCUT2D eigenvalue weighted by Gasteiger charge is -2.02. The van der Waals surface area contributed by atoms with Crippen molar-refractivity contribution in [2.24, 2.45) is 5.92 Å². The van der Waals surface area contributed by atoms with Gasteiger partial charge in [-0.1, -0.05) is 13.8 Å². The van der Waals surface area contributed by atoms with Gasteiger partial charge in [0.15, 0.2) is 5.69 Å². The van der Waals surface area contributed by atoms with Crippen LogP contribution in [0.25, 0.3) is 0 Å². The van der Waals surface area contributed by atoms with Crippen molar-refractivity contribution in [1.29, 1.82) is 0 Å². The molecule has 1 aromatic rings. The molecule has 0 spiro atoms. The number of rotatable bonds is 3. The van der Waals surface area contributed by atoms with Crippen molar-refractivity contribution in [3.63, 3.8) is 0 Å². The molecule has 1 heterocycles. The SMILES string of the molecule is COC(=O)c1ncsc1CC(C)C. The van der Waals surface area contributed by atoms with Crippen molar-refractivity contribution in [3.8, 4) is 0 Å². The van der Waals surface area contributed by atoms with Gasteiger partial charge >= 0.3 is 5.97 Å². The van der Waals surface area contributed by atoms with E-state index in [1.54, 1.807) is 5.51 Å². The zero-order valence-corrected chi connectivity index (χ0v) is 8.85. The van der Waals surface area contributed by atoms with E-state index in [1.165, 1.54) is 18.4 Å². The molecule has 1 rings (SSSR count). The van der Waals surface area contributed by atoms with Gasteiger partial charge in [-0.2, -0.15) is 0 Å². The number of thiazole rings is 1. The highest BCUT2D eigenvalue weighted by molar-refractivity contribution is 7.09. The summed E-state index contributed by atoms with van der Waals surface area (Å²) in [6.07, 6.45) is 0.884. The van der Waals surface area contributed by atoms with Crippen LogP contribution in [-0.4, -0.2) is 18.1 Å². The van der Waals surface area contributed by atoms with Gasteiger partial charge < -0.3 is 4.74 Å². The second-order valence-corrected chi connectivity index (χ2v) is 4.15. The van der Waals surface area contributed by atoms with Crippen LogP contribution in [0.2, 0.25) is 0 Å². The molecule has 0 saturated carbocycles. The van der Waals surface area contributed by atoms with Gasteiger partial charge in [-0.3, -0.25) is 0 Å². The van der Waals surface area contributed by atoms with E-state index >= 15 is 0 Å². The topological polar surface area (TPSA) is 39.2 Å². The summed E-state index contributed by atoms with van der Waals surface area (Å²) in [5.41, 5.74) is 2.16. The minimum absolute atomic E-state index is 0.336. The van der Waals surface area contributed by atoms with Gasteiger partial charge in [-0.25, -0.2) is 9.78 Å². The third kappa shape index (κ3) is 2.52. The molecule has 0 amide bonds. The van der Waals surface area contributed by atoms with Crippen LogP contribution in [0.3, 0.4) is 0 Å². The van der Waals surface area contributed by atoms with Gasteiger partial charge in [0, 0.05) is 4.88 Å². The average Bonchev–Trinajstić information content (AvgIpc) is 2.50. The first-order valence-electron chi connectivity index (χ1n) is 4.15. The Bertz CT molecular complexity index is 294. The number of ether oxygens (including phenoxy) is 1. The van der Waals surface area contributed by atoms with Crippen LogP contribution in [0.4, 0.5) is 0 Å². The van der Waals surface area contributed by atoms with Crippen molar-refractivity contribution in [3.05, 3.63) is 16.1 Å². The van der Waals surface area contributed by atoms with E-state index in [4.69, 9.17) is 0 Å². The molecule has 0 atom stereocenters. The van der Waals surface area contributed by atoms with Crippen molar-refractivity contribution >= 4 is 17.3 Å². The van der Waals surface area contributed by atoms with Gasteiger partial charge in [-0.05, 0) is 12.3 Å². The monoisotopic (exact) mass is 199 g/mol. The molecule has 72 valence electrons. The van der Waals surface area contributed by atoms with Crippen LogP contribution in [0.5, 0.6) is 0 Å². The lowest BCUT2D eigenvalue weighted by atomic mass is 10.1. The zero-order chi connectivity index (χ0) is 9.84. The van der Waals surface area contributed by atoms with E-state index in [-0.39, 0.29) is 5.97 Å². The molecule has 0 saturated heterocycles. The first-order valence-corrected chi connectivity index (χ1v) is 5.03. The Morgan fingerprint density at radius 1 is 1.69 bits per heavy atom. The number of carbonyl (C=O) groups excluding carboxylic acids is 1. The van der Waals surface area contributed by atoms with Crippen LogP contribution in [-0.2, 0) is 11.2 Å². The molecule has 1 aromatic heterocycles. The molecular formula is C9H13NO2S. The molecule has 4 heteroatoms. The third-order valence-electron chi connectivity index (χ3n) is 1.61. The van der Waals surface area contributed by atoms with E-state index in [0.717, 1.165) is 11.3 Å². The fraction of sp³-hybridized carbons (Fsp3) is 0.556. The molecule has 0 N–H and O–H groups in total. The summed E-state index contributed by atoms with van der Waals surface area (Å²) in [6.45, 7) is 4.22. The third-order valence-corrected chi connectivity index (χ3v) is 2.47. The number of esters is 1. The lowest BCUT2D eigenvalue weighted by Crippen LogP contribution is -2.06. The summed E-state index contributed by atoms with van der Waals surface area (Å²) in [6, 6.07) is 0. The molecule has 0 aliphatic carbocycles. The summed E-state index contributed by atoms with van der Waals surface area (Å²) < 4.78 is 4.62. The summed E-state index contributed by atoms with van der Waals surface area (Å²) in [5, 5.41) is 0. The normalized spacial score (nSPS) is 10.5. The molecular weight excluding hydrogens is 186 g/mol. The molecule has 0 fully saturated rings. The molecule has 0 aliphatic rings. The Hall–Kier alpha value is -0.900. The minimum atomic E-state index is -0.336. The van der Waals surface area contributed by atoms with E-state index < -0.39 is 0 Å². The van der Waals surface area contributed by atoms with Crippen molar-refractivity contribution in [1.82, 2.24) is 4.98 Å². The number of methoxy groups -OCH3 is 1. The number of nitrogens with zero attached hydrogens (tertiary/aromatic N) is 1. The van der Waals surface area contributed by atoms with Gasteiger partial charge in [-0.15, -0.1) is 11.3 Å². The Labute approximate surface area is 81.8 Å². The number of hydrogen-bond acceptors (Lipinski definition) is 4. The standard InChI is InChI=1S/C9H13NO2S/c1-6(2)4-7-8(9(11)12-3)10-5-13-7/h5-6H,4H2,1-3H3. The van der Waals surface area contributed by atoms with Crippen LogP contribution in [0, 0.1) is 5.92 Å². The van der Waals surface area contributed by atoms with Gasteiger partial charge in [0.1, 0.15) is 0 Å². The maximum atomic E-state index is 11.2. The lowest BCUT2D eigenvalue weighted by molar-refractivity contribution is 0.0593. The second-order valence-electron chi connectivity index (χ2n) is 3.21. The minimum Gasteiger partial charge on any atom is -0.464 e. The highest BCUT2D eigenvalue weighted by Crippen LogP contribution is 2.18. The quantitative estimate of drug-likeness (QED) is 0.700. The van der Waals surface area contributed by atoms with Crippen molar-refractivity contribution in [2.45, 2.75) is 20.3 Å². The maximum Gasteiger partial charge on any atom is 0.357 e. The van der Waals surface area contributed by atoms with Gasteiger partial charge in [0.25, 0.3) is 0 Å². The molecule has 0 radical (unpaired) electrons. The smallest absolute Gasteiger partial charge is 0.357 e. The molecule has 0 aliphatic heterocycles. The van der Waals surface area contributed by atoms with Crippen LogP contribution < -0.4 is 0 Å². The molecule has 0 aromatic carbocycles. The number of hydrogen-bond donors (Lipinski definition) is 0. The van der Waals surface area contributed by atoms with E-state index in [0.29, 0.717) is 11.6 Å². The Morgan fingerprint density at radius 3 is 2.92 bits per heavy atom. The van der Waals surface area contributed by atoms with E-state index in [1.807, 2.05) is 0 Å². The van der Waals surface area contributed by atoms with E-state index in [9.17, 15) is 4.79 Å². The van der Waals surface area contributed by atoms with Crippen molar-refractivity contribution < 1.29 is 9.53 Å². The Morgan fingerprint density at radius 2 is 2.38 bits per heavy atom. The second kappa shape index (κ2) is 4.37. The summed E-state index contributed by atoms with van der Waals surface area (Å²) in [5.74, 6) is 0.195. The maximum absolute atomic E-state index is 11.2. The fourth-order valence-electron chi connectivity index (χ4n) is 1.05. The zero-order valence-electron chi connectivity index (χ0n) is 8.03. The highest BCUT2D eigenvalue weighted by atomic mass is 32.1. The summed E-state index contributed by atoms with van der Waals surface area (Å²) in [7, 11) is 1.38.